The lowest BCUT2D eigenvalue weighted by atomic mass is 10.1. The van der Waals surface area contributed by atoms with Crippen LogP contribution in [0.4, 0.5) is 4.39 Å². The second kappa shape index (κ2) is 6.12. The van der Waals surface area contributed by atoms with Gasteiger partial charge in [-0.2, -0.15) is 5.10 Å². The highest BCUT2D eigenvalue weighted by Gasteiger charge is 2.43. The van der Waals surface area contributed by atoms with E-state index in [-0.39, 0.29) is 23.6 Å². The van der Waals surface area contributed by atoms with E-state index < -0.39 is 0 Å². The molecule has 2 aromatic rings. The average Bonchev–Trinajstić information content (AvgIpc) is 3.47. The molecule has 2 atom stereocenters. The van der Waals surface area contributed by atoms with E-state index in [9.17, 15) is 9.18 Å². The fourth-order valence-electron chi connectivity index (χ4n) is 3.21. The van der Waals surface area contributed by atoms with Crippen LogP contribution in [0.5, 0.6) is 0 Å². The summed E-state index contributed by atoms with van der Waals surface area (Å²) in [6.45, 7) is 1.16. The fourth-order valence-corrected chi connectivity index (χ4v) is 3.44. The van der Waals surface area contributed by atoms with Gasteiger partial charge in [0, 0.05) is 24.9 Å². The maximum absolute atomic E-state index is 13.3. The summed E-state index contributed by atoms with van der Waals surface area (Å²) in [5.74, 6) is 1.38. The second-order valence-electron chi connectivity index (χ2n) is 6.61. The summed E-state index contributed by atoms with van der Waals surface area (Å²) in [6, 6.07) is 6.52. The van der Waals surface area contributed by atoms with Crippen molar-refractivity contribution in [3.63, 3.8) is 0 Å². The molecule has 7 heteroatoms. The molecule has 1 aromatic carbocycles. The summed E-state index contributed by atoms with van der Waals surface area (Å²) in [7, 11) is 0. The third-order valence-corrected chi connectivity index (χ3v) is 5.08. The molecule has 2 fully saturated rings. The molecule has 0 aliphatic heterocycles. The standard InChI is InChI=1S/C17H19FN4OS/c18-12-3-1-2-11(8-12)13-9-14(13)16(23)19-6-7-22-15(10-4-5-10)20-21-17(22)24/h1-3,8,10,13-14H,4-7,9H2,(H,19,23)(H,21,24)/t13-,14-/m1/s1. The van der Waals surface area contributed by atoms with Gasteiger partial charge >= 0.3 is 0 Å². The molecule has 2 N–H and O–H groups in total. The number of aromatic nitrogens is 3. The lowest BCUT2D eigenvalue weighted by molar-refractivity contribution is -0.122. The van der Waals surface area contributed by atoms with E-state index in [0.717, 1.165) is 30.7 Å². The third kappa shape index (κ3) is 3.13. The molecule has 126 valence electrons. The van der Waals surface area contributed by atoms with Gasteiger partial charge in [0.2, 0.25) is 5.91 Å². The number of carbonyl (C=O) groups excluding carboxylic acids is 1. The van der Waals surface area contributed by atoms with Gasteiger partial charge in [0.1, 0.15) is 11.6 Å². The third-order valence-electron chi connectivity index (χ3n) is 4.77. The molecule has 2 saturated carbocycles. The van der Waals surface area contributed by atoms with E-state index in [2.05, 4.69) is 15.5 Å². The Morgan fingerprint density at radius 1 is 1.46 bits per heavy atom. The zero-order valence-electron chi connectivity index (χ0n) is 13.2. The normalized spacial score (nSPS) is 22.4. The van der Waals surface area contributed by atoms with Crippen LogP contribution < -0.4 is 5.32 Å². The molecule has 5 nitrogen and oxygen atoms in total. The van der Waals surface area contributed by atoms with Crippen molar-refractivity contribution in [3.05, 3.63) is 46.2 Å². The summed E-state index contributed by atoms with van der Waals surface area (Å²) in [4.78, 5) is 12.3. The Balaban J connectivity index is 1.30. The smallest absolute Gasteiger partial charge is 0.223 e. The Kier molecular flexibility index (Phi) is 3.96. The van der Waals surface area contributed by atoms with Gasteiger partial charge in [-0.3, -0.25) is 9.89 Å². The highest BCUT2D eigenvalue weighted by Crippen LogP contribution is 2.47. The number of benzene rings is 1. The van der Waals surface area contributed by atoms with Crippen molar-refractivity contribution in [3.8, 4) is 0 Å². The zero-order valence-corrected chi connectivity index (χ0v) is 14.0. The predicted octanol–water partition coefficient (Wildman–Crippen LogP) is 2.88. The minimum atomic E-state index is -0.250. The molecule has 1 aromatic heterocycles. The number of H-pyrrole nitrogens is 1. The Morgan fingerprint density at radius 3 is 3.04 bits per heavy atom. The van der Waals surface area contributed by atoms with Gasteiger partial charge < -0.3 is 9.88 Å². The van der Waals surface area contributed by atoms with Crippen LogP contribution in [0, 0.1) is 16.5 Å². The molecule has 2 aliphatic rings. The van der Waals surface area contributed by atoms with Gasteiger partial charge in [-0.15, -0.1) is 0 Å². The molecule has 4 rings (SSSR count). The van der Waals surface area contributed by atoms with Crippen molar-refractivity contribution in [2.45, 2.75) is 37.6 Å². The quantitative estimate of drug-likeness (QED) is 0.791. The van der Waals surface area contributed by atoms with Crippen molar-refractivity contribution < 1.29 is 9.18 Å². The number of aromatic amines is 1. The average molecular weight is 346 g/mol. The molecule has 0 radical (unpaired) electrons. The maximum atomic E-state index is 13.3. The predicted molar refractivity (Wildman–Crippen MR) is 89.6 cm³/mol. The van der Waals surface area contributed by atoms with Crippen LogP contribution >= 0.6 is 12.2 Å². The first-order chi connectivity index (χ1) is 11.6. The van der Waals surface area contributed by atoms with E-state index >= 15 is 0 Å². The van der Waals surface area contributed by atoms with Gasteiger partial charge in [-0.1, -0.05) is 12.1 Å². The number of nitrogens with one attached hydrogen (secondary N) is 2. The van der Waals surface area contributed by atoms with Crippen molar-refractivity contribution in [2.75, 3.05) is 6.54 Å². The minimum Gasteiger partial charge on any atom is -0.354 e. The topological polar surface area (TPSA) is 62.7 Å². The Bertz CT molecular complexity index is 826. The van der Waals surface area contributed by atoms with Crippen molar-refractivity contribution in [1.29, 1.82) is 0 Å². The molecule has 2 aliphatic carbocycles. The van der Waals surface area contributed by atoms with Gasteiger partial charge in [-0.25, -0.2) is 4.39 Å². The van der Waals surface area contributed by atoms with Crippen LogP contribution in [0.15, 0.2) is 24.3 Å². The number of halogens is 1. The molecule has 0 bridgehead atoms. The molecular weight excluding hydrogens is 327 g/mol. The van der Waals surface area contributed by atoms with Crippen LogP contribution in [0.3, 0.4) is 0 Å². The molecule has 0 spiro atoms. The SMILES string of the molecule is O=C(NCCn1c(C2CC2)n[nH]c1=S)[C@@H]1C[C@@H]1c1cccc(F)c1. The molecule has 1 amide bonds. The minimum absolute atomic E-state index is 0.0345. The number of hydrogen-bond donors (Lipinski definition) is 2. The number of amides is 1. The second-order valence-corrected chi connectivity index (χ2v) is 6.99. The highest BCUT2D eigenvalue weighted by atomic mass is 32.1. The van der Waals surface area contributed by atoms with Crippen LogP contribution in [0.2, 0.25) is 0 Å². The molecule has 0 unspecified atom stereocenters. The summed E-state index contributed by atoms with van der Waals surface area (Å²) in [5, 5.41) is 10.1. The molecule has 1 heterocycles. The summed E-state index contributed by atoms with van der Waals surface area (Å²) in [6.07, 6.45) is 3.10. The first-order valence-electron chi connectivity index (χ1n) is 8.32. The van der Waals surface area contributed by atoms with Crippen molar-refractivity contribution >= 4 is 18.1 Å². The van der Waals surface area contributed by atoms with Crippen LogP contribution in [-0.4, -0.2) is 27.2 Å². The summed E-state index contributed by atoms with van der Waals surface area (Å²) >= 11 is 5.25. The maximum Gasteiger partial charge on any atom is 0.223 e. The monoisotopic (exact) mass is 346 g/mol. The van der Waals surface area contributed by atoms with E-state index in [1.54, 1.807) is 6.07 Å². The van der Waals surface area contributed by atoms with Crippen LogP contribution in [0.25, 0.3) is 0 Å². The zero-order chi connectivity index (χ0) is 16.7. The molecule has 0 saturated heterocycles. The lowest BCUT2D eigenvalue weighted by Crippen LogP contribution is -2.29. The number of carbonyl (C=O) groups is 1. The van der Waals surface area contributed by atoms with Crippen LogP contribution in [-0.2, 0) is 11.3 Å². The fraction of sp³-hybridized carbons (Fsp3) is 0.471. The lowest BCUT2D eigenvalue weighted by Gasteiger charge is -2.08. The summed E-state index contributed by atoms with van der Waals surface area (Å²) < 4.78 is 15.9. The van der Waals surface area contributed by atoms with E-state index in [1.165, 1.54) is 12.1 Å². The van der Waals surface area contributed by atoms with Gasteiger partial charge in [-0.05, 0) is 55.1 Å². The number of rotatable bonds is 6. The van der Waals surface area contributed by atoms with Crippen molar-refractivity contribution in [2.24, 2.45) is 5.92 Å². The largest absolute Gasteiger partial charge is 0.354 e. The van der Waals surface area contributed by atoms with E-state index in [4.69, 9.17) is 12.2 Å². The van der Waals surface area contributed by atoms with Crippen LogP contribution in [0.1, 0.15) is 42.5 Å². The Labute approximate surface area is 144 Å². The van der Waals surface area contributed by atoms with Gasteiger partial charge in [0.15, 0.2) is 4.77 Å². The van der Waals surface area contributed by atoms with E-state index in [0.29, 0.717) is 23.8 Å². The van der Waals surface area contributed by atoms with Gasteiger partial charge in [0.05, 0.1) is 0 Å². The number of hydrogen-bond acceptors (Lipinski definition) is 3. The number of nitrogens with zero attached hydrogens (tertiary/aromatic N) is 2. The first-order valence-corrected chi connectivity index (χ1v) is 8.72. The first kappa shape index (κ1) is 15.5. The van der Waals surface area contributed by atoms with Gasteiger partial charge in [0.25, 0.3) is 0 Å². The highest BCUT2D eigenvalue weighted by molar-refractivity contribution is 7.71. The Hall–Kier alpha value is -2.02. The summed E-state index contributed by atoms with van der Waals surface area (Å²) in [5.41, 5.74) is 0.906. The molecular formula is C17H19FN4OS. The van der Waals surface area contributed by atoms with E-state index in [1.807, 2.05) is 10.6 Å². The Morgan fingerprint density at radius 2 is 2.29 bits per heavy atom. The molecule has 24 heavy (non-hydrogen) atoms. The van der Waals surface area contributed by atoms with Crippen molar-refractivity contribution in [1.82, 2.24) is 20.1 Å².